The molecule has 0 unspecified atom stereocenters. The van der Waals surface area contributed by atoms with Crippen molar-refractivity contribution < 1.29 is 28.6 Å². The third-order valence-corrected chi connectivity index (χ3v) is 4.58. The number of carbonyl (C=O) groups excluding carboxylic acids is 3. The molecule has 0 radical (unpaired) electrons. The van der Waals surface area contributed by atoms with Crippen molar-refractivity contribution in [1.29, 1.82) is 0 Å². The van der Waals surface area contributed by atoms with Gasteiger partial charge in [-0.2, -0.15) is 0 Å². The van der Waals surface area contributed by atoms with E-state index in [1.165, 1.54) is 0 Å². The van der Waals surface area contributed by atoms with Crippen molar-refractivity contribution in [3.05, 3.63) is 71.3 Å². The molecule has 0 saturated heterocycles. The van der Waals surface area contributed by atoms with Gasteiger partial charge in [0.05, 0.1) is 19.8 Å². The van der Waals surface area contributed by atoms with Crippen molar-refractivity contribution in [1.82, 2.24) is 16.0 Å². The van der Waals surface area contributed by atoms with Gasteiger partial charge in [-0.15, -0.1) is 0 Å². The highest BCUT2D eigenvalue weighted by molar-refractivity contribution is 5.68. The third-order valence-electron chi connectivity index (χ3n) is 4.58. The maximum atomic E-state index is 11.9. The molecule has 0 bridgehead atoms. The van der Waals surface area contributed by atoms with Gasteiger partial charge in [0, 0.05) is 26.1 Å². The summed E-state index contributed by atoms with van der Waals surface area (Å²) in [7, 11) is 0. The van der Waals surface area contributed by atoms with Crippen LogP contribution < -0.4 is 16.0 Å². The summed E-state index contributed by atoms with van der Waals surface area (Å²) in [5.41, 5.74) is 2.90. The zero-order valence-electron chi connectivity index (χ0n) is 19.5. The molecule has 0 aliphatic carbocycles. The van der Waals surface area contributed by atoms with Crippen molar-refractivity contribution in [2.75, 3.05) is 26.4 Å². The van der Waals surface area contributed by atoms with Crippen LogP contribution in [0.4, 0.5) is 14.4 Å². The Kier molecular flexibility index (Phi) is 12.4. The van der Waals surface area contributed by atoms with E-state index in [9.17, 15) is 14.4 Å². The van der Waals surface area contributed by atoms with Crippen molar-refractivity contribution in [2.45, 2.75) is 39.3 Å². The lowest BCUT2D eigenvalue weighted by Gasteiger charge is -2.10. The fraction of sp³-hybridized carbons (Fsp3) is 0.400. The first-order valence-corrected chi connectivity index (χ1v) is 11.4. The molecule has 0 aliphatic rings. The van der Waals surface area contributed by atoms with Gasteiger partial charge in [0.25, 0.3) is 0 Å². The minimum absolute atomic E-state index is 0.132. The molecule has 3 amide bonds. The predicted molar refractivity (Wildman–Crippen MR) is 127 cm³/mol. The molecule has 9 nitrogen and oxygen atoms in total. The van der Waals surface area contributed by atoms with Gasteiger partial charge in [0.2, 0.25) is 0 Å². The molecule has 0 aliphatic heterocycles. The Labute approximate surface area is 200 Å². The zero-order chi connectivity index (χ0) is 24.4. The van der Waals surface area contributed by atoms with Gasteiger partial charge in [-0.25, -0.2) is 14.4 Å². The fourth-order valence-corrected chi connectivity index (χ4v) is 2.89. The van der Waals surface area contributed by atoms with Gasteiger partial charge in [-0.3, -0.25) is 0 Å². The fourth-order valence-electron chi connectivity index (χ4n) is 2.89. The largest absolute Gasteiger partial charge is 0.450 e. The Bertz CT molecular complexity index is 891. The van der Waals surface area contributed by atoms with Crippen LogP contribution in [0.25, 0.3) is 0 Å². The van der Waals surface area contributed by atoms with Crippen LogP contribution in [0.2, 0.25) is 0 Å². The summed E-state index contributed by atoms with van der Waals surface area (Å²) in [6.07, 6.45) is 0.385. The van der Waals surface area contributed by atoms with Crippen LogP contribution in [-0.4, -0.2) is 44.6 Å². The van der Waals surface area contributed by atoms with Gasteiger partial charge >= 0.3 is 18.3 Å². The van der Waals surface area contributed by atoms with E-state index in [1.54, 1.807) is 0 Å². The molecular formula is C25H33N3O6. The molecule has 34 heavy (non-hydrogen) atoms. The molecular weight excluding hydrogens is 438 g/mol. The SMILES string of the molecule is CCCOC(=O)NCc1cccc(CNC(=O)OCCCOC(=O)NCCc2ccccc2)c1. The number of carbonyl (C=O) groups is 3. The highest BCUT2D eigenvalue weighted by Gasteiger charge is 2.06. The third kappa shape index (κ3) is 11.8. The molecule has 2 rings (SSSR count). The number of benzene rings is 2. The summed E-state index contributed by atoms with van der Waals surface area (Å²) in [5, 5.41) is 8.03. The Hall–Kier alpha value is -3.75. The zero-order valence-corrected chi connectivity index (χ0v) is 19.5. The van der Waals surface area contributed by atoms with Gasteiger partial charge in [0.15, 0.2) is 0 Å². The monoisotopic (exact) mass is 471 g/mol. The van der Waals surface area contributed by atoms with Crippen LogP contribution in [0.1, 0.15) is 36.5 Å². The Morgan fingerprint density at radius 1 is 0.676 bits per heavy atom. The van der Waals surface area contributed by atoms with Gasteiger partial charge in [-0.1, -0.05) is 61.5 Å². The summed E-state index contributed by atoms with van der Waals surface area (Å²) in [6, 6.07) is 17.3. The van der Waals surface area contributed by atoms with Crippen molar-refractivity contribution in [3.63, 3.8) is 0 Å². The Morgan fingerprint density at radius 3 is 1.79 bits per heavy atom. The second kappa shape index (κ2) is 16.0. The number of hydrogen-bond acceptors (Lipinski definition) is 6. The van der Waals surface area contributed by atoms with Crippen molar-refractivity contribution in [3.8, 4) is 0 Å². The molecule has 0 spiro atoms. The molecule has 0 atom stereocenters. The molecule has 0 fully saturated rings. The molecule has 0 heterocycles. The van der Waals surface area contributed by atoms with Crippen LogP contribution in [0.15, 0.2) is 54.6 Å². The van der Waals surface area contributed by atoms with Crippen molar-refractivity contribution in [2.24, 2.45) is 0 Å². The van der Waals surface area contributed by atoms with Crippen LogP contribution in [0, 0.1) is 0 Å². The lowest BCUT2D eigenvalue weighted by molar-refractivity contribution is 0.118. The first-order chi connectivity index (χ1) is 16.6. The molecule has 2 aromatic carbocycles. The minimum atomic E-state index is -0.556. The van der Waals surface area contributed by atoms with Gasteiger partial charge in [0.1, 0.15) is 0 Å². The molecule has 3 N–H and O–H groups in total. The number of hydrogen-bond donors (Lipinski definition) is 3. The first kappa shape index (κ1) is 26.5. The van der Waals surface area contributed by atoms with E-state index in [0.29, 0.717) is 26.1 Å². The minimum Gasteiger partial charge on any atom is -0.450 e. The van der Waals surface area contributed by atoms with Gasteiger partial charge < -0.3 is 30.2 Å². The van der Waals surface area contributed by atoms with E-state index < -0.39 is 18.3 Å². The highest BCUT2D eigenvalue weighted by Crippen LogP contribution is 2.05. The van der Waals surface area contributed by atoms with Gasteiger partial charge in [-0.05, 0) is 29.5 Å². The topological polar surface area (TPSA) is 115 Å². The summed E-state index contributed by atoms with van der Waals surface area (Å²) < 4.78 is 15.1. The number of nitrogens with one attached hydrogen (secondary N) is 3. The maximum Gasteiger partial charge on any atom is 0.407 e. The second-order valence-electron chi connectivity index (χ2n) is 7.45. The maximum absolute atomic E-state index is 11.9. The average Bonchev–Trinajstić information content (AvgIpc) is 2.85. The van der Waals surface area contributed by atoms with E-state index in [-0.39, 0.29) is 19.8 Å². The number of rotatable bonds is 13. The van der Waals surface area contributed by atoms with Crippen LogP contribution in [-0.2, 0) is 33.7 Å². The lowest BCUT2D eigenvalue weighted by atomic mass is 10.1. The second-order valence-corrected chi connectivity index (χ2v) is 7.45. The lowest BCUT2D eigenvalue weighted by Crippen LogP contribution is -2.27. The number of ether oxygens (including phenoxy) is 3. The number of alkyl carbamates (subject to hydrolysis) is 3. The van der Waals surface area contributed by atoms with E-state index in [4.69, 9.17) is 14.2 Å². The Balaban J connectivity index is 1.52. The molecule has 0 saturated carbocycles. The summed E-state index contributed by atoms with van der Waals surface area (Å²) in [6.45, 7) is 3.70. The molecule has 0 aromatic heterocycles. The number of amides is 3. The smallest absolute Gasteiger partial charge is 0.407 e. The molecule has 184 valence electrons. The summed E-state index contributed by atoms with van der Waals surface area (Å²) >= 11 is 0. The predicted octanol–water partition coefficient (Wildman–Crippen LogP) is 3.91. The molecule has 9 heteroatoms. The molecule has 2 aromatic rings. The van der Waals surface area contributed by atoms with Crippen LogP contribution in [0.3, 0.4) is 0 Å². The normalized spacial score (nSPS) is 10.1. The van der Waals surface area contributed by atoms with Crippen LogP contribution >= 0.6 is 0 Å². The van der Waals surface area contributed by atoms with E-state index in [2.05, 4.69) is 16.0 Å². The Morgan fingerprint density at radius 2 is 1.21 bits per heavy atom. The first-order valence-electron chi connectivity index (χ1n) is 11.4. The summed E-state index contributed by atoms with van der Waals surface area (Å²) in [4.78, 5) is 35.0. The van der Waals surface area contributed by atoms with Crippen LogP contribution in [0.5, 0.6) is 0 Å². The van der Waals surface area contributed by atoms with E-state index >= 15 is 0 Å². The van der Waals surface area contributed by atoms with E-state index in [0.717, 1.165) is 29.5 Å². The van der Waals surface area contributed by atoms with Crippen molar-refractivity contribution >= 4 is 18.3 Å². The standard InChI is InChI=1S/C25H33N3O6/c1-2-14-32-24(30)27-18-21-10-6-11-22(17-21)19-28-25(31)34-16-7-15-33-23(29)26-13-12-20-8-4-3-5-9-20/h3-6,8-11,17H,2,7,12-16,18-19H2,1H3,(H,26,29)(H,27,30)(H,28,31). The highest BCUT2D eigenvalue weighted by atomic mass is 16.6. The average molecular weight is 472 g/mol. The van der Waals surface area contributed by atoms with E-state index in [1.807, 2.05) is 61.5 Å². The summed E-state index contributed by atoms with van der Waals surface area (Å²) in [5.74, 6) is 0. The quantitative estimate of drug-likeness (QED) is 0.301.